The number of nitrogens with zero attached hydrogens (tertiary/aromatic N) is 2. The maximum Gasteiger partial charge on any atom is 0.254 e. The van der Waals surface area contributed by atoms with E-state index < -0.39 is 17.5 Å². The van der Waals surface area contributed by atoms with Crippen molar-refractivity contribution in [1.29, 1.82) is 0 Å². The molecule has 0 spiro atoms. The first-order valence-corrected chi connectivity index (χ1v) is 9.19. The molecule has 1 fully saturated rings. The van der Waals surface area contributed by atoms with E-state index in [2.05, 4.69) is 4.98 Å². The van der Waals surface area contributed by atoms with Crippen molar-refractivity contribution >= 4 is 28.6 Å². The van der Waals surface area contributed by atoms with Crippen LogP contribution in [0.3, 0.4) is 0 Å². The fourth-order valence-electron chi connectivity index (χ4n) is 3.59. The maximum absolute atomic E-state index is 13.6. The van der Waals surface area contributed by atoms with E-state index in [1.807, 2.05) is 0 Å². The third-order valence-corrected chi connectivity index (χ3v) is 5.07. The Hall–Kier alpha value is -2.47. The first-order valence-electron chi connectivity index (χ1n) is 8.81. The predicted octanol–water partition coefficient (Wildman–Crippen LogP) is 5.34. The zero-order chi connectivity index (χ0) is 19.0. The van der Waals surface area contributed by atoms with Gasteiger partial charge in [-0.05, 0) is 43.2 Å². The molecule has 1 heterocycles. The maximum atomic E-state index is 13.6. The highest BCUT2D eigenvalue weighted by atomic mass is 35.5. The number of benzene rings is 2. The van der Waals surface area contributed by atoms with Gasteiger partial charge in [-0.1, -0.05) is 24.4 Å². The van der Waals surface area contributed by atoms with Crippen LogP contribution in [0.1, 0.15) is 41.9 Å². The van der Waals surface area contributed by atoms with Crippen LogP contribution in [0.4, 0.5) is 8.78 Å². The summed E-state index contributed by atoms with van der Waals surface area (Å²) in [4.78, 5) is 19.0. The summed E-state index contributed by atoms with van der Waals surface area (Å²) in [5.74, 6) is -1.62. The number of aromatic nitrogens is 1. The second kappa shape index (κ2) is 7.27. The van der Waals surface area contributed by atoms with Crippen molar-refractivity contribution in [2.75, 3.05) is 0 Å². The van der Waals surface area contributed by atoms with Crippen molar-refractivity contribution in [2.24, 2.45) is 0 Å². The summed E-state index contributed by atoms with van der Waals surface area (Å²) in [6.45, 7) is 0.133. The van der Waals surface area contributed by atoms with Crippen molar-refractivity contribution in [1.82, 2.24) is 9.88 Å². The highest BCUT2D eigenvalue weighted by Gasteiger charge is 2.29. The molecule has 27 heavy (non-hydrogen) atoms. The monoisotopic (exact) mass is 390 g/mol. The molecule has 0 N–H and O–H groups in total. The Labute approximate surface area is 159 Å². The van der Waals surface area contributed by atoms with E-state index in [-0.39, 0.29) is 18.2 Å². The Kier molecular flexibility index (Phi) is 4.83. The van der Waals surface area contributed by atoms with Gasteiger partial charge in [-0.2, -0.15) is 0 Å². The minimum Gasteiger partial charge on any atom is -0.439 e. The second-order valence-corrected chi connectivity index (χ2v) is 7.19. The van der Waals surface area contributed by atoms with Crippen molar-refractivity contribution < 1.29 is 18.0 Å². The molecule has 2 aromatic carbocycles. The van der Waals surface area contributed by atoms with E-state index in [4.69, 9.17) is 16.0 Å². The first kappa shape index (κ1) is 17.9. The average Bonchev–Trinajstić information content (AvgIpc) is 3.27. The van der Waals surface area contributed by atoms with Crippen molar-refractivity contribution in [2.45, 2.75) is 38.3 Å². The Morgan fingerprint density at radius 2 is 1.85 bits per heavy atom. The lowest BCUT2D eigenvalue weighted by molar-refractivity contribution is 0.0645. The third kappa shape index (κ3) is 3.81. The molecular formula is C20H17ClF2N2O2. The van der Waals surface area contributed by atoms with Gasteiger partial charge in [0.05, 0.1) is 6.54 Å². The molecule has 0 bridgehead atoms. The molecule has 0 saturated heterocycles. The standard InChI is InChI=1S/C20H17ClF2N2O2/c21-13-5-6-18-17(9-13)24-19(27-18)11-25(16-3-1-2-4-16)20(26)12-7-14(22)10-15(23)8-12/h5-10,16H,1-4,11H2. The normalized spacial score (nSPS) is 14.8. The molecule has 1 amide bonds. The van der Waals surface area contributed by atoms with Gasteiger partial charge in [0.2, 0.25) is 5.89 Å². The van der Waals surface area contributed by atoms with E-state index >= 15 is 0 Å². The summed E-state index contributed by atoms with van der Waals surface area (Å²) in [7, 11) is 0. The van der Waals surface area contributed by atoms with E-state index in [9.17, 15) is 13.6 Å². The number of halogens is 3. The number of hydrogen-bond donors (Lipinski definition) is 0. The van der Waals surface area contributed by atoms with Gasteiger partial charge in [-0.3, -0.25) is 4.79 Å². The van der Waals surface area contributed by atoms with Crippen LogP contribution < -0.4 is 0 Å². The molecule has 0 unspecified atom stereocenters. The molecular weight excluding hydrogens is 374 g/mol. The lowest BCUT2D eigenvalue weighted by Gasteiger charge is -2.28. The Morgan fingerprint density at radius 1 is 1.15 bits per heavy atom. The van der Waals surface area contributed by atoms with E-state index in [0.717, 1.165) is 43.9 Å². The highest BCUT2D eigenvalue weighted by molar-refractivity contribution is 6.31. The summed E-state index contributed by atoms with van der Waals surface area (Å²) in [6, 6.07) is 7.96. The van der Waals surface area contributed by atoms with Gasteiger partial charge in [-0.15, -0.1) is 0 Å². The largest absolute Gasteiger partial charge is 0.439 e. The van der Waals surface area contributed by atoms with Crippen LogP contribution in [0.5, 0.6) is 0 Å². The van der Waals surface area contributed by atoms with Crippen LogP contribution in [0.2, 0.25) is 5.02 Å². The van der Waals surface area contributed by atoms with Crippen LogP contribution in [-0.2, 0) is 6.54 Å². The average molecular weight is 391 g/mol. The molecule has 0 radical (unpaired) electrons. The molecule has 4 nitrogen and oxygen atoms in total. The van der Waals surface area contributed by atoms with Crippen LogP contribution in [0, 0.1) is 11.6 Å². The number of oxazole rings is 1. The molecule has 1 aliphatic rings. The van der Waals surface area contributed by atoms with Crippen molar-refractivity contribution in [3.05, 3.63) is 64.5 Å². The lowest BCUT2D eigenvalue weighted by atomic mass is 10.1. The van der Waals surface area contributed by atoms with E-state index in [1.165, 1.54) is 0 Å². The molecule has 1 saturated carbocycles. The molecule has 1 aromatic heterocycles. The van der Waals surface area contributed by atoms with Gasteiger partial charge in [0.15, 0.2) is 5.58 Å². The first-order chi connectivity index (χ1) is 13.0. The fraction of sp³-hybridized carbons (Fsp3) is 0.300. The number of rotatable bonds is 4. The summed E-state index contributed by atoms with van der Waals surface area (Å²) >= 11 is 5.98. The number of carbonyl (C=O) groups excluding carboxylic acids is 1. The number of carbonyl (C=O) groups is 1. The van der Waals surface area contributed by atoms with Crippen LogP contribution in [0.25, 0.3) is 11.1 Å². The van der Waals surface area contributed by atoms with Gasteiger partial charge in [0.1, 0.15) is 17.2 Å². The Morgan fingerprint density at radius 3 is 2.56 bits per heavy atom. The van der Waals surface area contributed by atoms with E-state index in [0.29, 0.717) is 22.0 Å². The third-order valence-electron chi connectivity index (χ3n) is 4.84. The second-order valence-electron chi connectivity index (χ2n) is 6.75. The molecule has 1 aliphatic carbocycles. The minimum atomic E-state index is -0.777. The number of hydrogen-bond acceptors (Lipinski definition) is 3. The van der Waals surface area contributed by atoms with Gasteiger partial charge in [0, 0.05) is 22.7 Å². The summed E-state index contributed by atoms with van der Waals surface area (Å²) in [6.07, 6.45) is 3.70. The Balaban J connectivity index is 1.66. The fourth-order valence-corrected chi connectivity index (χ4v) is 3.75. The topological polar surface area (TPSA) is 46.3 Å². The zero-order valence-corrected chi connectivity index (χ0v) is 15.2. The summed E-state index contributed by atoms with van der Waals surface area (Å²) in [5.41, 5.74) is 1.16. The van der Waals surface area contributed by atoms with Gasteiger partial charge >= 0.3 is 0 Å². The summed E-state index contributed by atoms with van der Waals surface area (Å²) < 4.78 is 32.9. The summed E-state index contributed by atoms with van der Waals surface area (Å²) in [5, 5.41) is 0.543. The molecule has 0 atom stereocenters. The molecule has 7 heteroatoms. The van der Waals surface area contributed by atoms with Crippen LogP contribution in [0.15, 0.2) is 40.8 Å². The molecule has 3 aromatic rings. The smallest absolute Gasteiger partial charge is 0.254 e. The predicted molar refractivity (Wildman–Crippen MR) is 97.5 cm³/mol. The van der Waals surface area contributed by atoms with E-state index in [1.54, 1.807) is 23.1 Å². The SMILES string of the molecule is O=C(c1cc(F)cc(F)c1)N(Cc1nc2cc(Cl)ccc2o1)C1CCCC1. The lowest BCUT2D eigenvalue weighted by Crippen LogP contribution is -2.38. The van der Waals surface area contributed by atoms with Crippen molar-refractivity contribution in [3.8, 4) is 0 Å². The quantitative estimate of drug-likeness (QED) is 0.603. The zero-order valence-electron chi connectivity index (χ0n) is 14.4. The van der Waals surface area contributed by atoms with Crippen molar-refractivity contribution in [3.63, 3.8) is 0 Å². The molecule has 4 rings (SSSR count). The van der Waals surface area contributed by atoms with Gasteiger partial charge in [-0.25, -0.2) is 13.8 Å². The number of amides is 1. The molecule has 0 aliphatic heterocycles. The Bertz CT molecular complexity index is 979. The van der Waals surface area contributed by atoms with Gasteiger partial charge < -0.3 is 9.32 Å². The molecule has 140 valence electrons. The number of fused-ring (bicyclic) bond motifs is 1. The van der Waals surface area contributed by atoms with Crippen LogP contribution >= 0.6 is 11.6 Å². The van der Waals surface area contributed by atoms with Crippen LogP contribution in [-0.4, -0.2) is 21.8 Å². The highest BCUT2D eigenvalue weighted by Crippen LogP contribution is 2.28. The van der Waals surface area contributed by atoms with Gasteiger partial charge in [0.25, 0.3) is 5.91 Å². The minimum absolute atomic E-state index is 0.0116.